The number of methoxy groups -OCH3 is 3. The van der Waals surface area contributed by atoms with E-state index < -0.39 is 0 Å². The van der Waals surface area contributed by atoms with E-state index in [0.717, 1.165) is 24.2 Å². The molecule has 4 heteroatoms. The van der Waals surface area contributed by atoms with Gasteiger partial charge in [-0.3, -0.25) is 0 Å². The lowest BCUT2D eigenvalue weighted by atomic mass is 9.97. The normalized spacial score (nSPS) is 12.4. The van der Waals surface area contributed by atoms with Gasteiger partial charge in [0.05, 0.1) is 21.3 Å². The fourth-order valence-corrected chi connectivity index (χ4v) is 2.01. The predicted octanol–water partition coefficient (Wildman–Crippen LogP) is 3.15. The molecule has 1 atom stereocenters. The van der Waals surface area contributed by atoms with Gasteiger partial charge in [-0.1, -0.05) is 13.8 Å². The van der Waals surface area contributed by atoms with Gasteiger partial charge in [0.1, 0.15) is 5.75 Å². The monoisotopic (exact) mass is 267 g/mol. The maximum atomic E-state index is 6.26. The first-order valence-corrected chi connectivity index (χ1v) is 6.59. The van der Waals surface area contributed by atoms with Crippen LogP contribution in [-0.4, -0.2) is 21.3 Å². The molecule has 0 amide bonds. The van der Waals surface area contributed by atoms with Gasteiger partial charge in [0.15, 0.2) is 11.5 Å². The van der Waals surface area contributed by atoms with Crippen LogP contribution in [0.2, 0.25) is 0 Å². The lowest BCUT2D eigenvalue weighted by Gasteiger charge is -2.19. The molecule has 0 aliphatic carbocycles. The Morgan fingerprint density at radius 2 is 1.42 bits per heavy atom. The maximum absolute atomic E-state index is 6.26. The number of nitrogens with two attached hydrogens (primary N) is 1. The van der Waals surface area contributed by atoms with Gasteiger partial charge in [-0.2, -0.15) is 0 Å². The summed E-state index contributed by atoms with van der Waals surface area (Å²) in [5.41, 5.74) is 7.22. The van der Waals surface area contributed by atoms with Gasteiger partial charge in [0.2, 0.25) is 0 Å². The molecule has 0 saturated heterocycles. The van der Waals surface area contributed by atoms with Crippen LogP contribution in [0.5, 0.6) is 17.2 Å². The lowest BCUT2D eigenvalue weighted by Crippen LogP contribution is -2.13. The minimum Gasteiger partial charge on any atom is -0.496 e. The first-order valence-electron chi connectivity index (χ1n) is 6.59. The first-order chi connectivity index (χ1) is 9.03. The molecule has 19 heavy (non-hydrogen) atoms. The van der Waals surface area contributed by atoms with Crippen LogP contribution in [0.3, 0.4) is 0 Å². The summed E-state index contributed by atoms with van der Waals surface area (Å²) in [6.45, 7) is 4.39. The number of rotatable bonds is 7. The van der Waals surface area contributed by atoms with E-state index in [-0.39, 0.29) is 6.04 Å². The van der Waals surface area contributed by atoms with E-state index in [0.29, 0.717) is 17.4 Å². The maximum Gasteiger partial charge on any atom is 0.164 e. The van der Waals surface area contributed by atoms with Crippen LogP contribution in [0.15, 0.2) is 12.1 Å². The van der Waals surface area contributed by atoms with Gasteiger partial charge < -0.3 is 19.9 Å². The number of ether oxygens (including phenoxy) is 3. The van der Waals surface area contributed by atoms with Crippen LogP contribution in [0.4, 0.5) is 0 Å². The summed E-state index contributed by atoms with van der Waals surface area (Å²) in [5.74, 6) is 2.71. The average molecular weight is 267 g/mol. The molecular weight excluding hydrogens is 242 g/mol. The van der Waals surface area contributed by atoms with Crippen LogP contribution in [0.25, 0.3) is 0 Å². The van der Waals surface area contributed by atoms with E-state index in [1.54, 1.807) is 21.3 Å². The quantitative estimate of drug-likeness (QED) is 0.824. The Bertz CT molecular complexity index is 405. The van der Waals surface area contributed by atoms with Gasteiger partial charge in [0.25, 0.3) is 0 Å². The van der Waals surface area contributed by atoms with Crippen molar-refractivity contribution in [3.05, 3.63) is 17.7 Å². The zero-order valence-corrected chi connectivity index (χ0v) is 12.5. The van der Waals surface area contributed by atoms with Crippen molar-refractivity contribution in [1.82, 2.24) is 0 Å². The molecule has 1 unspecified atom stereocenters. The summed E-state index contributed by atoms with van der Waals surface area (Å²) in [4.78, 5) is 0. The molecule has 108 valence electrons. The van der Waals surface area contributed by atoms with Gasteiger partial charge in [-0.25, -0.2) is 0 Å². The van der Waals surface area contributed by atoms with E-state index in [1.807, 2.05) is 12.1 Å². The van der Waals surface area contributed by atoms with Crippen molar-refractivity contribution in [1.29, 1.82) is 0 Å². The Labute approximate surface area is 115 Å². The predicted molar refractivity (Wildman–Crippen MR) is 77.1 cm³/mol. The minimum absolute atomic E-state index is 0.0582. The van der Waals surface area contributed by atoms with E-state index in [9.17, 15) is 0 Å². The summed E-state index contributed by atoms with van der Waals surface area (Å²) in [7, 11) is 4.86. The van der Waals surface area contributed by atoms with Gasteiger partial charge in [0, 0.05) is 17.7 Å². The first kappa shape index (κ1) is 15.6. The molecule has 4 nitrogen and oxygen atoms in total. The molecule has 2 N–H and O–H groups in total. The lowest BCUT2D eigenvalue weighted by molar-refractivity contribution is 0.345. The Morgan fingerprint density at radius 3 is 1.89 bits per heavy atom. The van der Waals surface area contributed by atoms with Gasteiger partial charge >= 0.3 is 0 Å². The Morgan fingerprint density at radius 1 is 0.895 bits per heavy atom. The second-order valence-electron chi connectivity index (χ2n) is 5.03. The molecule has 1 aromatic carbocycles. The van der Waals surface area contributed by atoms with Crippen molar-refractivity contribution in [2.45, 2.75) is 32.7 Å². The fourth-order valence-electron chi connectivity index (χ4n) is 2.01. The van der Waals surface area contributed by atoms with Crippen LogP contribution in [-0.2, 0) is 0 Å². The zero-order chi connectivity index (χ0) is 14.4. The van der Waals surface area contributed by atoms with Gasteiger partial charge in [-0.05, 0) is 24.8 Å². The third-order valence-corrected chi connectivity index (χ3v) is 3.19. The topological polar surface area (TPSA) is 53.7 Å². The smallest absolute Gasteiger partial charge is 0.164 e. The Kier molecular flexibility index (Phi) is 5.96. The van der Waals surface area contributed by atoms with Crippen LogP contribution in [0, 0.1) is 5.92 Å². The number of hydrogen-bond acceptors (Lipinski definition) is 4. The van der Waals surface area contributed by atoms with Crippen molar-refractivity contribution >= 4 is 0 Å². The Hall–Kier alpha value is -1.42. The van der Waals surface area contributed by atoms with Gasteiger partial charge in [-0.15, -0.1) is 0 Å². The highest BCUT2D eigenvalue weighted by molar-refractivity contribution is 5.51. The minimum atomic E-state index is -0.0582. The highest BCUT2D eigenvalue weighted by Gasteiger charge is 2.17. The third-order valence-electron chi connectivity index (χ3n) is 3.19. The molecule has 0 spiro atoms. The summed E-state index contributed by atoms with van der Waals surface area (Å²) < 4.78 is 16.0. The number of hydrogen-bond donors (Lipinski definition) is 1. The molecule has 0 heterocycles. The van der Waals surface area contributed by atoms with Crippen molar-refractivity contribution < 1.29 is 14.2 Å². The van der Waals surface area contributed by atoms with E-state index >= 15 is 0 Å². The summed E-state index contributed by atoms with van der Waals surface area (Å²) >= 11 is 0. The molecular formula is C15H25NO3. The largest absolute Gasteiger partial charge is 0.496 e. The van der Waals surface area contributed by atoms with E-state index in [4.69, 9.17) is 19.9 Å². The summed E-state index contributed by atoms with van der Waals surface area (Å²) in [5, 5.41) is 0. The number of benzene rings is 1. The molecule has 0 bridgehead atoms. The van der Waals surface area contributed by atoms with Crippen LogP contribution in [0.1, 0.15) is 38.3 Å². The molecule has 0 fully saturated rings. The molecule has 0 aromatic heterocycles. The van der Waals surface area contributed by atoms with Crippen LogP contribution >= 0.6 is 0 Å². The molecule has 0 saturated carbocycles. The SMILES string of the molecule is COc1cc(OC)c(C(N)CCC(C)C)cc1OC. The summed E-state index contributed by atoms with van der Waals surface area (Å²) in [6, 6.07) is 3.67. The zero-order valence-electron chi connectivity index (χ0n) is 12.5. The van der Waals surface area contributed by atoms with Crippen molar-refractivity contribution in [3.63, 3.8) is 0 Å². The highest BCUT2D eigenvalue weighted by Crippen LogP contribution is 2.38. The second-order valence-corrected chi connectivity index (χ2v) is 5.03. The van der Waals surface area contributed by atoms with E-state index in [1.165, 1.54) is 0 Å². The van der Waals surface area contributed by atoms with Crippen molar-refractivity contribution in [2.75, 3.05) is 21.3 Å². The fraction of sp³-hybridized carbons (Fsp3) is 0.600. The Balaban J connectivity index is 3.03. The molecule has 1 rings (SSSR count). The molecule has 0 radical (unpaired) electrons. The molecule has 0 aliphatic rings. The van der Waals surface area contributed by atoms with Crippen molar-refractivity contribution in [3.8, 4) is 17.2 Å². The van der Waals surface area contributed by atoms with Crippen molar-refractivity contribution in [2.24, 2.45) is 11.7 Å². The summed E-state index contributed by atoms with van der Waals surface area (Å²) in [6.07, 6.45) is 2.00. The van der Waals surface area contributed by atoms with Crippen LogP contribution < -0.4 is 19.9 Å². The second kappa shape index (κ2) is 7.24. The van der Waals surface area contributed by atoms with E-state index in [2.05, 4.69) is 13.8 Å². The third kappa shape index (κ3) is 4.03. The molecule has 0 aliphatic heterocycles. The molecule has 1 aromatic rings. The standard InChI is InChI=1S/C15H25NO3/c1-10(2)6-7-12(16)11-8-14(18-4)15(19-5)9-13(11)17-3/h8-10,12H,6-7,16H2,1-5H3. The highest BCUT2D eigenvalue weighted by atomic mass is 16.5. The average Bonchev–Trinajstić information content (AvgIpc) is 2.42.